The highest BCUT2D eigenvalue weighted by atomic mass is 19.4. The lowest BCUT2D eigenvalue weighted by atomic mass is 9.75. The van der Waals surface area contributed by atoms with Crippen molar-refractivity contribution in [2.75, 3.05) is 13.1 Å². The molecule has 2 aliphatic heterocycles. The molecule has 1 aromatic carbocycles. The molecule has 3 amide bonds. The molecule has 2 aliphatic rings. The zero-order chi connectivity index (χ0) is 22.1. The predicted octanol–water partition coefficient (Wildman–Crippen LogP) is 3.90. The minimum absolute atomic E-state index is 0.0549. The molecule has 0 spiro atoms. The first-order chi connectivity index (χ1) is 14.1. The van der Waals surface area contributed by atoms with E-state index in [0.717, 1.165) is 42.7 Å². The van der Waals surface area contributed by atoms with Gasteiger partial charge in [-0.1, -0.05) is 25.1 Å². The van der Waals surface area contributed by atoms with Gasteiger partial charge in [-0.15, -0.1) is 0 Å². The predicted molar refractivity (Wildman–Crippen MR) is 104 cm³/mol. The van der Waals surface area contributed by atoms with Crippen LogP contribution in [0.15, 0.2) is 24.3 Å². The quantitative estimate of drug-likeness (QED) is 0.674. The van der Waals surface area contributed by atoms with Gasteiger partial charge in [-0.2, -0.15) is 13.2 Å². The van der Waals surface area contributed by atoms with Crippen molar-refractivity contribution >= 4 is 17.7 Å². The Morgan fingerprint density at radius 3 is 2.53 bits per heavy atom. The number of piperidine rings is 1. The summed E-state index contributed by atoms with van der Waals surface area (Å²) in [6.07, 6.45) is -1.67. The van der Waals surface area contributed by atoms with Gasteiger partial charge in [0.15, 0.2) is 0 Å². The minimum Gasteiger partial charge on any atom is -0.340 e. The van der Waals surface area contributed by atoms with Gasteiger partial charge < -0.3 is 4.90 Å². The van der Waals surface area contributed by atoms with Gasteiger partial charge in [-0.3, -0.25) is 19.3 Å². The van der Waals surface area contributed by atoms with Crippen molar-refractivity contribution in [1.82, 2.24) is 9.80 Å². The molecule has 5 nitrogen and oxygen atoms in total. The van der Waals surface area contributed by atoms with E-state index in [2.05, 4.69) is 0 Å². The average molecular weight is 424 g/mol. The summed E-state index contributed by atoms with van der Waals surface area (Å²) in [6.45, 7) is 4.31. The molecule has 1 aromatic rings. The highest BCUT2D eigenvalue weighted by Gasteiger charge is 2.54. The summed E-state index contributed by atoms with van der Waals surface area (Å²) in [6, 6.07) is 4.53. The molecule has 2 saturated heterocycles. The monoisotopic (exact) mass is 424 g/mol. The Hall–Kier alpha value is -2.38. The van der Waals surface area contributed by atoms with Crippen LogP contribution in [0.4, 0.5) is 13.2 Å². The third-order valence-electron chi connectivity index (χ3n) is 6.34. The molecule has 8 heteroatoms. The Bertz CT molecular complexity index is 839. The van der Waals surface area contributed by atoms with Crippen LogP contribution in [0.1, 0.15) is 63.5 Å². The molecule has 2 unspecified atom stereocenters. The smallest absolute Gasteiger partial charge is 0.340 e. The maximum absolute atomic E-state index is 13.3. The highest BCUT2D eigenvalue weighted by molar-refractivity contribution is 6.10. The van der Waals surface area contributed by atoms with E-state index in [-0.39, 0.29) is 36.9 Å². The molecule has 0 bridgehead atoms. The molecule has 30 heavy (non-hydrogen) atoms. The fraction of sp³-hybridized carbons (Fsp3) is 0.591. The Labute approximate surface area is 174 Å². The summed E-state index contributed by atoms with van der Waals surface area (Å²) in [5.74, 6) is -1.33. The third kappa shape index (κ3) is 3.96. The maximum Gasteiger partial charge on any atom is 0.416 e. The fourth-order valence-corrected chi connectivity index (χ4v) is 4.69. The lowest BCUT2D eigenvalue weighted by Gasteiger charge is -2.37. The molecule has 3 rings (SSSR count). The Kier molecular flexibility index (Phi) is 6.24. The van der Waals surface area contributed by atoms with Crippen molar-refractivity contribution < 1.29 is 27.6 Å². The van der Waals surface area contributed by atoms with Crippen LogP contribution in [0, 0.1) is 0 Å². The Balaban J connectivity index is 2.03. The number of carbonyl (C=O) groups is 3. The van der Waals surface area contributed by atoms with E-state index >= 15 is 0 Å². The SMILES string of the molecule is CCC1CCCCN1C(=O)CC1(c2cccc(C(F)(F)F)c2)CC(=O)N(CC)C1=O. The normalized spacial score (nSPS) is 25.2. The van der Waals surface area contributed by atoms with E-state index in [4.69, 9.17) is 0 Å². The van der Waals surface area contributed by atoms with Gasteiger partial charge in [0.05, 0.1) is 11.0 Å². The van der Waals surface area contributed by atoms with Crippen LogP contribution in [0.5, 0.6) is 0 Å². The first kappa shape index (κ1) is 22.3. The molecule has 2 heterocycles. The number of nitrogens with zero attached hydrogens (tertiary/aromatic N) is 2. The van der Waals surface area contributed by atoms with E-state index in [1.165, 1.54) is 12.1 Å². The van der Waals surface area contributed by atoms with Crippen molar-refractivity contribution in [1.29, 1.82) is 0 Å². The second kappa shape index (κ2) is 8.40. The minimum atomic E-state index is -4.59. The van der Waals surface area contributed by atoms with E-state index in [9.17, 15) is 27.6 Å². The number of likely N-dealkylation sites (tertiary alicyclic amines) is 2. The van der Waals surface area contributed by atoms with Crippen LogP contribution >= 0.6 is 0 Å². The van der Waals surface area contributed by atoms with Gasteiger partial charge in [0.2, 0.25) is 17.7 Å². The standard InChI is InChI=1S/C22H27F3N2O3/c1-3-17-10-5-6-11-27(17)19(29)14-21(13-18(28)26(4-2)20(21)30)15-8-7-9-16(12-15)22(23,24)25/h7-9,12,17H,3-6,10-11,13-14H2,1-2H3. The fourth-order valence-electron chi connectivity index (χ4n) is 4.69. The molecule has 2 fully saturated rings. The van der Waals surface area contributed by atoms with Gasteiger partial charge in [0.1, 0.15) is 0 Å². The van der Waals surface area contributed by atoms with Gasteiger partial charge in [-0.05, 0) is 44.2 Å². The topological polar surface area (TPSA) is 57.7 Å². The van der Waals surface area contributed by atoms with Crippen molar-refractivity contribution in [3.63, 3.8) is 0 Å². The van der Waals surface area contributed by atoms with Crippen LogP contribution in [0.3, 0.4) is 0 Å². The summed E-state index contributed by atoms with van der Waals surface area (Å²) in [7, 11) is 0. The van der Waals surface area contributed by atoms with Gasteiger partial charge in [0, 0.05) is 32.0 Å². The third-order valence-corrected chi connectivity index (χ3v) is 6.34. The number of alkyl halides is 3. The molecular formula is C22H27F3N2O3. The number of imide groups is 1. The second-order valence-corrected chi connectivity index (χ2v) is 8.10. The number of likely N-dealkylation sites (N-methyl/N-ethyl adjacent to an activating group) is 1. The average Bonchev–Trinajstić information content (AvgIpc) is 2.97. The van der Waals surface area contributed by atoms with Crippen molar-refractivity contribution in [3.05, 3.63) is 35.4 Å². The zero-order valence-corrected chi connectivity index (χ0v) is 17.3. The van der Waals surface area contributed by atoms with Crippen LogP contribution in [0.2, 0.25) is 0 Å². The van der Waals surface area contributed by atoms with Crippen LogP contribution < -0.4 is 0 Å². The van der Waals surface area contributed by atoms with Gasteiger partial charge in [-0.25, -0.2) is 0 Å². The lowest BCUT2D eigenvalue weighted by Crippen LogP contribution is -2.48. The summed E-state index contributed by atoms with van der Waals surface area (Å²) < 4.78 is 39.9. The van der Waals surface area contributed by atoms with Crippen molar-refractivity contribution in [2.24, 2.45) is 0 Å². The number of rotatable bonds is 5. The molecular weight excluding hydrogens is 397 g/mol. The van der Waals surface area contributed by atoms with E-state index in [1.807, 2.05) is 6.92 Å². The van der Waals surface area contributed by atoms with Crippen molar-refractivity contribution in [2.45, 2.75) is 70.0 Å². The molecule has 0 N–H and O–H groups in total. The largest absolute Gasteiger partial charge is 0.416 e. The molecule has 0 radical (unpaired) electrons. The van der Waals surface area contributed by atoms with Gasteiger partial charge in [0.25, 0.3) is 0 Å². The highest BCUT2D eigenvalue weighted by Crippen LogP contribution is 2.42. The molecule has 0 aromatic heterocycles. The van der Waals surface area contributed by atoms with Crippen LogP contribution in [-0.2, 0) is 26.0 Å². The summed E-state index contributed by atoms with van der Waals surface area (Å²) in [5, 5.41) is 0. The summed E-state index contributed by atoms with van der Waals surface area (Å²) >= 11 is 0. The van der Waals surface area contributed by atoms with E-state index in [1.54, 1.807) is 11.8 Å². The number of benzene rings is 1. The maximum atomic E-state index is 13.3. The van der Waals surface area contributed by atoms with Crippen molar-refractivity contribution in [3.8, 4) is 0 Å². The first-order valence-corrected chi connectivity index (χ1v) is 10.5. The summed E-state index contributed by atoms with van der Waals surface area (Å²) in [4.78, 5) is 41.8. The number of hydrogen-bond donors (Lipinski definition) is 0. The van der Waals surface area contributed by atoms with Crippen LogP contribution in [-0.4, -0.2) is 46.7 Å². The number of halogens is 3. The molecule has 0 aliphatic carbocycles. The Morgan fingerprint density at radius 1 is 1.20 bits per heavy atom. The zero-order valence-electron chi connectivity index (χ0n) is 17.3. The van der Waals surface area contributed by atoms with Gasteiger partial charge >= 0.3 is 6.18 Å². The molecule has 2 atom stereocenters. The van der Waals surface area contributed by atoms with E-state index < -0.39 is 29.0 Å². The van der Waals surface area contributed by atoms with Crippen LogP contribution in [0.25, 0.3) is 0 Å². The van der Waals surface area contributed by atoms with E-state index in [0.29, 0.717) is 6.54 Å². The second-order valence-electron chi connectivity index (χ2n) is 8.10. The summed E-state index contributed by atoms with van der Waals surface area (Å²) in [5.41, 5.74) is -2.42. The molecule has 0 saturated carbocycles. The Morgan fingerprint density at radius 2 is 1.93 bits per heavy atom. The number of carbonyl (C=O) groups excluding carboxylic acids is 3. The number of hydrogen-bond acceptors (Lipinski definition) is 3. The lowest BCUT2D eigenvalue weighted by molar-refractivity contribution is -0.144. The number of amides is 3. The molecule has 164 valence electrons. The first-order valence-electron chi connectivity index (χ1n) is 10.5.